The normalized spacial score (nSPS) is 22.5. The summed E-state index contributed by atoms with van der Waals surface area (Å²) in [5.41, 5.74) is 5.66. The first kappa shape index (κ1) is 65.2. The lowest BCUT2D eigenvalue weighted by Gasteiger charge is -2.38. The molecule has 4 aliphatic rings. The molecule has 1 N–H and O–H groups in total. The van der Waals surface area contributed by atoms with Gasteiger partial charge in [-0.2, -0.15) is 0 Å². The molecule has 4 aromatic carbocycles. The van der Waals surface area contributed by atoms with Crippen LogP contribution in [0, 0.1) is 35.5 Å². The lowest BCUT2D eigenvalue weighted by atomic mass is 9.74. The van der Waals surface area contributed by atoms with Gasteiger partial charge in [0.1, 0.15) is 36.2 Å². The maximum atomic E-state index is 13.8. The quantitative estimate of drug-likeness (QED) is 0.0244. The molecule has 86 heavy (non-hydrogen) atoms. The first-order valence-corrected chi connectivity index (χ1v) is 30.4. The Bertz CT molecular complexity index is 2950. The maximum absolute atomic E-state index is 13.8. The van der Waals surface area contributed by atoms with Crippen molar-refractivity contribution in [3.8, 4) is 45.3 Å². The molecule has 0 amide bonds. The molecule has 2 saturated heterocycles. The summed E-state index contributed by atoms with van der Waals surface area (Å²) < 4.78 is 64.5. The van der Waals surface area contributed by atoms with Crippen LogP contribution in [0.3, 0.4) is 0 Å². The minimum Gasteiger partial charge on any atom is -0.490 e. The number of carbonyl (C=O) groups is 4. The fourth-order valence-electron chi connectivity index (χ4n) is 12.0. The number of hydrogen-bond acceptors (Lipinski definition) is 16. The van der Waals surface area contributed by atoms with E-state index < -0.39 is 43.1 Å². The van der Waals surface area contributed by atoms with Crippen molar-refractivity contribution in [3.05, 3.63) is 144 Å². The first-order chi connectivity index (χ1) is 41.7. The van der Waals surface area contributed by atoms with Gasteiger partial charge in [-0.3, -0.25) is 0 Å². The van der Waals surface area contributed by atoms with E-state index in [-0.39, 0.29) is 49.1 Å². The number of hydrogen-bond donors (Lipinski definition) is 1. The Hall–Kier alpha value is -6.76. The fraction of sp³-hybridized carbons (Fsp3) is 0.486. The van der Waals surface area contributed by atoms with Crippen LogP contribution in [0.5, 0.6) is 23.0 Å². The van der Waals surface area contributed by atoms with E-state index in [0.29, 0.717) is 89.8 Å². The molecule has 2 aliphatic heterocycles. The number of esters is 4. The van der Waals surface area contributed by atoms with Crippen LogP contribution in [-0.2, 0) is 52.3 Å². The largest absolute Gasteiger partial charge is 0.490 e. The Balaban J connectivity index is 0.827. The summed E-state index contributed by atoms with van der Waals surface area (Å²) >= 11 is 0. The molecule has 16 nitrogen and oxygen atoms in total. The monoisotopic (exact) mass is 1180 g/mol. The van der Waals surface area contributed by atoms with E-state index in [1.54, 1.807) is 37.3 Å². The van der Waals surface area contributed by atoms with Crippen LogP contribution in [0.1, 0.15) is 121 Å². The second-order valence-electron chi connectivity index (χ2n) is 23.2. The molecule has 0 unspecified atom stereocenters. The molecule has 0 aromatic heterocycles. The van der Waals surface area contributed by atoms with Crippen LogP contribution in [0.25, 0.3) is 22.3 Å². The molecular weight excluding hydrogens is 1100 g/mol. The minimum atomic E-state index is -0.723. The van der Waals surface area contributed by atoms with Crippen molar-refractivity contribution in [2.75, 3.05) is 73.7 Å². The number of benzene rings is 4. The van der Waals surface area contributed by atoms with Gasteiger partial charge in [-0.1, -0.05) is 114 Å². The summed E-state index contributed by atoms with van der Waals surface area (Å²) in [6.07, 6.45) is 15.1. The van der Waals surface area contributed by atoms with Crippen molar-refractivity contribution in [2.45, 2.75) is 110 Å². The van der Waals surface area contributed by atoms with E-state index >= 15 is 0 Å². The summed E-state index contributed by atoms with van der Waals surface area (Å²) in [5.74, 6) is 2.34. The molecule has 16 heteroatoms. The molecule has 4 aromatic rings. The number of unbranched alkanes of at least 4 members (excludes halogenated alkanes) is 1. The van der Waals surface area contributed by atoms with Gasteiger partial charge in [-0.25, -0.2) is 19.2 Å². The van der Waals surface area contributed by atoms with Crippen molar-refractivity contribution >= 4 is 23.9 Å². The van der Waals surface area contributed by atoms with Gasteiger partial charge in [0, 0.05) is 31.6 Å². The third-order valence-corrected chi connectivity index (χ3v) is 17.0. The Morgan fingerprint density at radius 1 is 0.535 bits per heavy atom. The highest BCUT2D eigenvalue weighted by atomic mass is 16.7. The number of allylic oxidation sites excluding steroid dienone is 1. The molecular formula is C70H86O16. The second kappa shape index (κ2) is 32.8. The Labute approximate surface area is 506 Å². The van der Waals surface area contributed by atoms with Crippen LogP contribution < -0.4 is 18.9 Å². The van der Waals surface area contributed by atoms with Gasteiger partial charge in [0.2, 0.25) is 0 Å². The SMILES string of the molecule is C=C(COC)C(=O)OCCOc1ccc(-c2ccc(OC(=O)C(=C)COC)cc2)cc1C1OCC(C2CCC(CCC/C=C(/C)C(=O)Oc3ccc(-c4ccc(OC(=O)C(=C)CO)cc4)cc3C3OCC(C4CCC(CCC)CC4)CO3)CC2)CO1. The molecule has 2 saturated carbocycles. The fourth-order valence-corrected chi connectivity index (χ4v) is 12.0. The van der Waals surface area contributed by atoms with Gasteiger partial charge in [0.15, 0.2) is 12.6 Å². The third kappa shape index (κ3) is 18.4. The van der Waals surface area contributed by atoms with E-state index in [4.69, 9.17) is 52.1 Å². The zero-order valence-electron chi connectivity index (χ0n) is 50.5. The lowest BCUT2D eigenvalue weighted by Crippen LogP contribution is -2.34. The summed E-state index contributed by atoms with van der Waals surface area (Å²) in [6, 6.07) is 25.5. The number of aliphatic hydroxyl groups excluding tert-OH is 1. The number of methoxy groups -OCH3 is 2. The van der Waals surface area contributed by atoms with Crippen LogP contribution in [0.2, 0.25) is 0 Å². The Morgan fingerprint density at radius 3 is 1.48 bits per heavy atom. The predicted molar refractivity (Wildman–Crippen MR) is 325 cm³/mol. The zero-order valence-corrected chi connectivity index (χ0v) is 50.5. The van der Waals surface area contributed by atoms with Gasteiger partial charge in [0.05, 0.1) is 74.1 Å². The molecule has 0 radical (unpaired) electrons. The smallest absolute Gasteiger partial charge is 0.341 e. The summed E-state index contributed by atoms with van der Waals surface area (Å²) in [4.78, 5) is 50.8. The molecule has 0 bridgehead atoms. The van der Waals surface area contributed by atoms with Crippen molar-refractivity contribution in [3.63, 3.8) is 0 Å². The average Bonchev–Trinajstić information content (AvgIpc) is 2.93. The molecule has 0 atom stereocenters. The third-order valence-electron chi connectivity index (χ3n) is 17.0. The molecule has 462 valence electrons. The van der Waals surface area contributed by atoms with Crippen molar-refractivity contribution in [1.82, 2.24) is 0 Å². The Kier molecular flexibility index (Phi) is 24.9. The number of carbonyl (C=O) groups excluding carboxylic acids is 4. The van der Waals surface area contributed by atoms with E-state index in [9.17, 15) is 24.3 Å². The van der Waals surface area contributed by atoms with Crippen LogP contribution in [0.4, 0.5) is 0 Å². The van der Waals surface area contributed by atoms with Crippen molar-refractivity contribution in [2.24, 2.45) is 35.5 Å². The van der Waals surface area contributed by atoms with Gasteiger partial charge in [-0.15, -0.1) is 0 Å². The minimum absolute atomic E-state index is 0.00186. The number of ether oxygens (including phenoxy) is 11. The predicted octanol–water partition coefficient (Wildman–Crippen LogP) is 13.2. The van der Waals surface area contributed by atoms with Crippen molar-refractivity contribution in [1.29, 1.82) is 0 Å². The highest BCUT2D eigenvalue weighted by Gasteiger charge is 2.36. The molecule has 0 spiro atoms. The van der Waals surface area contributed by atoms with E-state index in [2.05, 4.69) is 26.7 Å². The summed E-state index contributed by atoms with van der Waals surface area (Å²) in [7, 11) is 2.97. The Morgan fingerprint density at radius 2 is 0.988 bits per heavy atom. The van der Waals surface area contributed by atoms with Crippen molar-refractivity contribution < 1.29 is 76.4 Å². The van der Waals surface area contributed by atoms with Crippen LogP contribution in [-0.4, -0.2) is 103 Å². The summed E-state index contributed by atoms with van der Waals surface area (Å²) in [5, 5.41) is 9.29. The van der Waals surface area contributed by atoms with Gasteiger partial charge >= 0.3 is 23.9 Å². The van der Waals surface area contributed by atoms with Gasteiger partial charge < -0.3 is 57.2 Å². The first-order valence-electron chi connectivity index (χ1n) is 30.4. The van der Waals surface area contributed by atoms with Crippen LogP contribution >= 0.6 is 0 Å². The maximum Gasteiger partial charge on any atom is 0.341 e. The lowest BCUT2D eigenvalue weighted by molar-refractivity contribution is -0.215. The summed E-state index contributed by atoms with van der Waals surface area (Å²) in [6.45, 7) is 17.0. The highest BCUT2D eigenvalue weighted by molar-refractivity contribution is 5.91. The molecule has 2 heterocycles. The van der Waals surface area contributed by atoms with Gasteiger partial charge in [-0.05, 0) is 140 Å². The number of rotatable bonds is 28. The molecule has 8 rings (SSSR count). The topological polar surface area (TPSA) is 190 Å². The van der Waals surface area contributed by atoms with E-state index in [0.717, 1.165) is 73.1 Å². The number of aliphatic hydroxyl groups is 1. The average molecular weight is 1180 g/mol. The molecule has 4 fully saturated rings. The molecule has 2 aliphatic carbocycles. The van der Waals surface area contributed by atoms with E-state index in [1.807, 2.05) is 60.7 Å². The second-order valence-corrected chi connectivity index (χ2v) is 23.2. The zero-order chi connectivity index (χ0) is 61.0. The standard InChI is InChI=1S/C70H86O16/c1-8-11-49-14-18-53(19-15-49)58-43-82-70(83-44-58)62-37-56(52-22-28-59(29-23-52)84-67(74)46(3)38-71)27-33-64(62)86-66(73)45(2)12-9-10-13-50-16-20-54(21-17-50)57-41-80-69(81-42-57)61-36-55(26-32-63(61)78-34-35-79-65(72)47(4)39-76-6)51-24-30-60(31-25-51)85-68(75)48(5)40-77-7/h12,22-33,36-37,49-50,53-54,57-58,69-71H,3-5,8-11,13-21,34-35,38-44H2,1-2,6-7H3/b45-12-. The van der Waals surface area contributed by atoms with Gasteiger partial charge in [0.25, 0.3) is 0 Å². The van der Waals surface area contributed by atoms with E-state index in [1.165, 1.54) is 52.7 Å². The van der Waals surface area contributed by atoms with Crippen LogP contribution in [0.15, 0.2) is 133 Å². The highest BCUT2D eigenvalue weighted by Crippen LogP contribution is 2.43.